The summed E-state index contributed by atoms with van der Waals surface area (Å²) < 4.78 is 9.74. The molecule has 0 aliphatic rings. The quantitative estimate of drug-likeness (QED) is 0.490. The minimum Gasteiger partial charge on any atom is -0.469 e. The lowest BCUT2D eigenvalue weighted by Gasteiger charge is -2.20. The van der Waals surface area contributed by atoms with Crippen LogP contribution in [0.1, 0.15) is 25.3 Å². The number of nitrogens with zero attached hydrogens (tertiary/aromatic N) is 1. The third-order valence-electron chi connectivity index (χ3n) is 4.27. The monoisotopic (exact) mass is 405 g/mol. The Hall–Kier alpha value is -2.45. The van der Waals surface area contributed by atoms with Gasteiger partial charge in [0.15, 0.2) is 0 Å². The molecule has 2 aromatic rings. The van der Waals surface area contributed by atoms with Crippen LogP contribution in [0.15, 0.2) is 30.5 Å². The molecule has 0 spiro atoms. The largest absolute Gasteiger partial charge is 0.469 e. The number of methoxy groups -OCH3 is 2. The van der Waals surface area contributed by atoms with Crippen molar-refractivity contribution in [1.29, 1.82) is 0 Å². The van der Waals surface area contributed by atoms with Gasteiger partial charge in [-0.05, 0) is 38.0 Å². The van der Waals surface area contributed by atoms with E-state index in [0.717, 1.165) is 15.4 Å². The van der Waals surface area contributed by atoms with Crippen molar-refractivity contribution in [1.82, 2.24) is 10.3 Å². The number of benzene rings is 1. The van der Waals surface area contributed by atoms with Gasteiger partial charge in [-0.2, -0.15) is 0 Å². The van der Waals surface area contributed by atoms with Gasteiger partial charge in [0.2, 0.25) is 0 Å². The predicted molar refractivity (Wildman–Crippen MR) is 111 cm³/mol. The van der Waals surface area contributed by atoms with Crippen LogP contribution in [-0.2, 0) is 20.7 Å². The molecular weight excluding hydrogens is 378 g/mol. The molecule has 152 valence electrons. The van der Waals surface area contributed by atoms with E-state index in [-0.39, 0.29) is 12.0 Å². The van der Waals surface area contributed by atoms with Gasteiger partial charge in [0.25, 0.3) is 0 Å². The molecule has 0 fully saturated rings. The van der Waals surface area contributed by atoms with Crippen molar-refractivity contribution in [2.24, 2.45) is 5.41 Å². The van der Waals surface area contributed by atoms with Crippen LogP contribution in [0, 0.1) is 5.41 Å². The van der Waals surface area contributed by atoms with Gasteiger partial charge in [0.05, 0.1) is 29.0 Å². The Morgan fingerprint density at radius 1 is 1.18 bits per heavy atom. The maximum atomic E-state index is 11.8. The van der Waals surface area contributed by atoms with Gasteiger partial charge in [0, 0.05) is 32.0 Å². The number of aryl methyl sites for hydroxylation is 1. The van der Waals surface area contributed by atoms with Crippen molar-refractivity contribution in [3.05, 3.63) is 35.5 Å². The van der Waals surface area contributed by atoms with E-state index in [1.165, 1.54) is 7.11 Å². The van der Waals surface area contributed by atoms with Crippen molar-refractivity contribution in [2.75, 3.05) is 32.7 Å². The van der Waals surface area contributed by atoms with E-state index >= 15 is 0 Å². The number of hydrogen-bond acceptors (Lipinski definition) is 6. The molecule has 2 rings (SSSR count). The first-order chi connectivity index (χ1) is 13.4. The zero-order valence-corrected chi connectivity index (χ0v) is 17.5. The molecular formula is C20H27N3O4S. The van der Waals surface area contributed by atoms with Gasteiger partial charge in [-0.3, -0.25) is 4.79 Å². The summed E-state index contributed by atoms with van der Waals surface area (Å²) in [5.74, 6) is -0.210. The third kappa shape index (κ3) is 6.31. The fraction of sp³-hybridized carbons (Fsp3) is 0.450. The van der Waals surface area contributed by atoms with E-state index in [1.54, 1.807) is 18.4 Å². The number of hydrogen-bond donors (Lipinski definition) is 2. The fourth-order valence-corrected chi connectivity index (χ4v) is 3.44. The number of aromatic nitrogens is 1. The van der Waals surface area contributed by atoms with Crippen LogP contribution in [-0.4, -0.2) is 44.4 Å². The molecule has 2 amide bonds. The van der Waals surface area contributed by atoms with E-state index in [1.807, 2.05) is 44.3 Å². The smallest absolute Gasteiger partial charge is 0.319 e. The Kier molecular flexibility index (Phi) is 7.95. The number of amides is 2. The summed E-state index contributed by atoms with van der Waals surface area (Å²) in [5, 5.41) is 6.46. The predicted octanol–water partition coefficient (Wildman–Crippen LogP) is 3.71. The normalized spacial score (nSPS) is 11.1. The van der Waals surface area contributed by atoms with Crippen LogP contribution in [0.2, 0.25) is 0 Å². The third-order valence-corrected chi connectivity index (χ3v) is 5.38. The highest BCUT2D eigenvalue weighted by molar-refractivity contribution is 7.15. The van der Waals surface area contributed by atoms with Gasteiger partial charge in [-0.15, -0.1) is 11.3 Å². The maximum Gasteiger partial charge on any atom is 0.319 e. The zero-order chi connectivity index (χ0) is 20.6. The van der Waals surface area contributed by atoms with Crippen molar-refractivity contribution < 1.29 is 19.1 Å². The molecule has 0 saturated heterocycles. The second-order valence-corrected chi connectivity index (χ2v) is 8.06. The molecule has 8 heteroatoms. The number of anilines is 1. The minimum atomic E-state index is -0.530. The molecule has 0 saturated carbocycles. The van der Waals surface area contributed by atoms with Crippen LogP contribution < -0.4 is 10.6 Å². The second-order valence-electron chi connectivity index (χ2n) is 6.94. The van der Waals surface area contributed by atoms with Crippen LogP contribution in [0.5, 0.6) is 0 Å². The molecule has 1 heterocycles. The van der Waals surface area contributed by atoms with Crippen LogP contribution in [0.3, 0.4) is 0 Å². The van der Waals surface area contributed by atoms with Crippen molar-refractivity contribution in [3.8, 4) is 10.4 Å². The summed E-state index contributed by atoms with van der Waals surface area (Å²) in [6.07, 6.45) is 3.23. The number of thiazole rings is 1. The first-order valence-electron chi connectivity index (χ1n) is 9.03. The summed E-state index contributed by atoms with van der Waals surface area (Å²) in [6, 6.07) is 7.33. The van der Waals surface area contributed by atoms with Gasteiger partial charge in [-0.25, -0.2) is 9.78 Å². The van der Waals surface area contributed by atoms with Gasteiger partial charge in [-0.1, -0.05) is 12.1 Å². The number of esters is 1. The SMILES string of the molecule is COCCNC(=O)Nc1ccc(-c2cnc(CCC(C)(C)C(=O)OC)s2)cc1. The molecule has 0 bridgehead atoms. The van der Waals surface area contributed by atoms with Crippen molar-refractivity contribution in [2.45, 2.75) is 26.7 Å². The van der Waals surface area contributed by atoms with E-state index in [2.05, 4.69) is 15.6 Å². The molecule has 0 radical (unpaired) electrons. The lowest BCUT2D eigenvalue weighted by Crippen LogP contribution is -2.31. The van der Waals surface area contributed by atoms with Crippen LogP contribution >= 0.6 is 11.3 Å². The molecule has 28 heavy (non-hydrogen) atoms. The average molecular weight is 406 g/mol. The van der Waals surface area contributed by atoms with Crippen molar-refractivity contribution in [3.63, 3.8) is 0 Å². The topological polar surface area (TPSA) is 89.5 Å². The molecule has 7 nitrogen and oxygen atoms in total. The highest BCUT2D eigenvalue weighted by atomic mass is 32.1. The molecule has 0 aliphatic heterocycles. The van der Waals surface area contributed by atoms with Gasteiger partial charge >= 0.3 is 12.0 Å². The number of carbonyl (C=O) groups excluding carboxylic acids is 2. The highest BCUT2D eigenvalue weighted by Gasteiger charge is 2.28. The Bertz CT molecular complexity index is 787. The second kappa shape index (κ2) is 10.2. The minimum absolute atomic E-state index is 0.210. The fourth-order valence-electron chi connectivity index (χ4n) is 2.52. The van der Waals surface area contributed by atoms with Crippen LogP contribution in [0.4, 0.5) is 10.5 Å². The van der Waals surface area contributed by atoms with E-state index in [0.29, 0.717) is 31.7 Å². The molecule has 0 aliphatic carbocycles. The zero-order valence-electron chi connectivity index (χ0n) is 16.7. The molecule has 1 aromatic heterocycles. The Morgan fingerprint density at radius 3 is 2.54 bits per heavy atom. The standard InChI is InChI=1S/C20H27N3O4S/c1-20(2,18(24)27-4)10-9-17-22-13-16(28-17)14-5-7-15(8-6-14)23-19(25)21-11-12-26-3/h5-8,13H,9-12H2,1-4H3,(H2,21,23,25). The number of ether oxygens (including phenoxy) is 2. The Balaban J connectivity index is 1.92. The molecule has 0 atom stereocenters. The summed E-state index contributed by atoms with van der Waals surface area (Å²) in [4.78, 5) is 29.0. The first kappa shape index (κ1) is 21.8. The lowest BCUT2D eigenvalue weighted by molar-refractivity contribution is -0.151. The van der Waals surface area contributed by atoms with E-state index < -0.39 is 5.41 Å². The highest BCUT2D eigenvalue weighted by Crippen LogP contribution is 2.30. The summed E-state index contributed by atoms with van der Waals surface area (Å²) >= 11 is 1.60. The first-order valence-corrected chi connectivity index (χ1v) is 9.84. The summed E-state index contributed by atoms with van der Waals surface area (Å²) in [7, 11) is 3.00. The number of rotatable bonds is 9. The van der Waals surface area contributed by atoms with Gasteiger partial charge < -0.3 is 20.1 Å². The number of nitrogens with one attached hydrogen (secondary N) is 2. The Labute approximate surface area is 169 Å². The summed E-state index contributed by atoms with van der Waals surface area (Å²) in [5.41, 5.74) is 1.21. The lowest BCUT2D eigenvalue weighted by atomic mass is 9.88. The van der Waals surface area contributed by atoms with Gasteiger partial charge in [0.1, 0.15) is 0 Å². The van der Waals surface area contributed by atoms with Crippen molar-refractivity contribution >= 4 is 29.0 Å². The molecule has 1 aromatic carbocycles. The maximum absolute atomic E-state index is 11.8. The number of carbonyl (C=O) groups is 2. The number of urea groups is 1. The molecule has 0 unspecified atom stereocenters. The average Bonchev–Trinajstić information content (AvgIpc) is 3.15. The van der Waals surface area contributed by atoms with E-state index in [4.69, 9.17) is 9.47 Å². The summed E-state index contributed by atoms with van der Waals surface area (Å²) in [6.45, 7) is 4.68. The molecule has 2 N–H and O–H groups in total. The van der Waals surface area contributed by atoms with Crippen LogP contribution in [0.25, 0.3) is 10.4 Å². The van der Waals surface area contributed by atoms with E-state index in [9.17, 15) is 9.59 Å². The Morgan fingerprint density at radius 2 is 1.89 bits per heavy atom.